The molecule has 0 bridgehead atoms. The largest absolute Gasteiger partial charge is 0.488 e. The number of hydrogen-bond acceptors (Lipinski definition) is 4. The Kier molecular flexibility index (Phi) is 4.27. The first-order valence-corrected chi connectivity index (χ1v) is 7.68. The van der Waals surface area contributed by atoms with Gasteiger partial charge in [0.1, 0.15) is 11.9 Å². The topological polar surface area (TPSA) is 47.4 Å². The van der Waals surface area contributed by atoms with Gasteiger partial charge in [-0.25, -0.2) is 4.98 Å². The predicted octanol–water partition coefficient (Wildman–Crippen LogP) is 2.74. The summed E-state index contributed by atoms with van der Waals surface area (Å²) in [5, 5.41) is 0.965. The molecule has 1 saturated heterocycles. The highest BCUT2D eigenvalue weighted by molar-refractivity contribution is 6.42. The summed E-state index contributed by atoms with van der Waals surface area (Å²) in [7, 11) is 1.72. The van der Waals surface area contributed by atoms with Gasteiger partial charge in [-0.05, 0) is 12.1 Å². The van der Waals surface area contributed by atoms with E-state index in [0.717, 1.165) is 13.0 Å². The van der Waals surface area contributed by atoms with Gasteiger partial charge < -0.3 is 14.2 Å². The van der Waals surface area contributed by atoms with E-state index in [1.807, 2.05) is 4.90 Å². The van der Waals surface area contributed by atoms with Crippen LogP contribution in [0, 0.1) is 0 Å². The van der Waals surface area contributed by atoms with Gasteiger partial charge in [0.15, 0.2) is 5.82 Å². The minimum absolute atomic E-state index is 0.0102. The molecule has 1 aliphatic heterocycles. The molecule has 2 aromatic rings. The first kappa shape index (κ1) is 15.2. The minimum Gasteiger partial charge on any atom is -0.488 e. The summed E-state index contributed by atoms with van der Waals surface area (Å²) >= 11 is 11.9. The molecule has 0 saturated carbocycles. The van der Waals surface area contributed by atoms with Crippen molar-refractivity contribution in [3.63, 3.8) is 0 Å². The fourth-order valence-corrected chi connectivity index (χ4v) is 2.75. The monoisotopic (exact) mass is 339 g/mol. The predicted molar refractivity (Wildman–Crippen MR) is 87.2 cm³/mol. The van der Waals surface area contributed by atoms with Crippen LogP contribution in [0.15, 0.2) is 35.4 Å². The van der Waals surface area contributed by atoms with Crippen molar-refractivity contribution < 1.29 is 4.74 Å². The molecule has 0 amide bonds. The maximum atomic E-state index is 12.1. The number of aryl methyl sites for hydroxylation is 1. The second-order valence-corrected chi connectivity index (χ2v) is 6.03. The van der Waals surface area contributed by atoms with Gasteiger partial charge in [0, 0.05) is 38.5 Å². The quantitative estimate of drug-likeness (QED) is 0.862. The van der Waals surface area contributed by atoms with Gasteiger partial charge in [0.2, 0.25) is 0 Å². The van der Waals surface area contributed by atoms with E-state index in [2.05, 4.69) is 4.98 Å². The van der Waals surface area contributed by atoms with Crippen LogP contribution in [-0.4, -0.2) is 28.7 Å². The van der Waals surface area contributed by atoms with Crippen molar-refractivity contribution in [1.82, 2.24) is 9.55 Å². The number of aromatic nitrogens is 2. The lowest BCUT2D eigenvalue weighted by Crippen LogP contribution is -2.32. The molecule has 0 N–H and O–H groups in total. The lowest BCUT2D eigenvalue weighted by molar-refractivity contribution is 0.225. The van der Waals surface area contributed by atoms with Crippen LogP contribution in [0.5, 0.6) is 5.75 Å². The molecule has 1 aliphatic rings. The maximum Gasteiger partial charge on any atom is 0.293 e. The van der Waals surface area contributed by atoms with Crippen molar-refractivity contribution in [3.8, 4) is 5.75 Å². The minimum atomic E-state index is -0.0994. The summed E-state index contributed by atoms with van der Waals surface area (Å²) in [4.78, 5) is 18.2. The first-order chi connectivity index (χ1) is 10.5. The molecule has 0 aliphatic carbocycles. The van der Waals surface area contributed by atoms with E-state index in [1.54, 1.807) is 37.6 Å². The number of ether oxygens (including phenoxy) is 1. The summed E-state index contributed by atoms with van der Waals surface area (Å²) in [5.41, 5.74) is -0.0994. The van der Waals surface area contributed by atoms with Crippen molar-refractivity contribution in [2.75, 3.05) is 18.0 Å². The first-order valence-electron chi connectivity index (χ1n) is 6.93. The average molecular weight is 340 g/mol. The van der Waals surface area contributed by atoms with Crippen LogP contribution in [0.1, 0.15) is 6.42 Å². The van der Waals surface area contributed by atoms with E-state index in [-0.39, 0.29) is 11.7 Å². The van der Waals surface area contributed by atoms with Crippen molar-refractivity contribution in [1.29, 1.82) is 0 Å². The summed E-state index contributed by atoms with van der Waals surface area (Å²) in [6, 6.07) is 5.20. The standard InChI is InChI=1S/C15H15Cl2N3O2/c1-19-7-5-18-14(15(19)21)20-6-4-11(9-20)22-10-2-3-12(16)13(17)8-10/h2-3,5,7-8,11H,4,6,9H2,1H3/t11-/m1/s1. The second kappa shape index (κ2) is 6.18. The van der Waals surface area contributed by atoms with Crippen molar-refractivity contribution in [3.05, 3.63) is 51.0 Å². The average Bonchev–Trinajstić information content (AvgIpc) is 2.94. The van der Waals surface area contributed by atoms with Crippen LogP contribution in [0.25, 0.3) is 0 Å². The highest BCUT2D eigenvalue weighted by Crippen LogP contribution is 2.28. The Morgan fingerprint density at radius 3 is 2.91 bits per heavy atom. The molecular formula is C15H15Cl2N3O2. The molecule has 1 fully saturated rings. The molecule has 0 radical (unpaired) electrons. The Balaban J connectivity index is 1.71. The van der Waals surface area contributed by atoms with E-state index < -0.39 is 0 Å². The molecule has 116 valence electrons. The second-order valence-electron chi connectivity index (χ2n) is 5.22. The van der Waals surface area contributed by atoms with Gasteiger partial charge in [-0.15, -0.1) is 0 Å². The van der Waals surface area contributed by atoms with Crippen LogP contribution in [0.2, 0.25) is 10.0 Å². The fourth-order valence-electron chi connectivity index (χ4n) is 2.46. The number of anilines is 1. The van der Waals surface area contributed by atoms with E-state index in [9.17, 15) is 4.79 Å². The Hall–Kier alpha value is -1.72. The molecule has 22 heavy (non-hydrogen) atoms. The highest BCUT2D eigenvalue weighted by Gasteiger charge is 2.27. The zero-order chi connectivity index (χ0) is 15.7. The third-order valence-electron chi connectivity index (χ3n) is 3.64. The van der Waals surface area contributed by atoms with Gasteiger partial charge in [-0.2, -0.15) is 0 Å². The van der Waals surface area contributed by atoms with Gasteiger partial charge in [0.25, 0.3) is 5.56 Å². The van der Waals surface area contributed by atoms with E-state index in [1.165, 1.54) is 4.57 Å². The van der Waals surface area contributed by atoms with Crippen LogP contribution >= 0.6 is 23.2 Å². The van der Waals surface area contributed by atoms with E-state index in [0.29, 0.717) is 28.2 Å². The number of hydrogen-bond donors (Lipinski definition) is 0. The maximum absolute atomic E-state index is 12.1. The van der Waals surface area contributed by atoms with Crippen LogP contribution in [0.3, 0.4) is 0 Å². The van der Waals surface area contributed by atoms with E-state index in [4.69, 9.17) is 27.9 Å². The third kappa shape index (κ3) is 3.05. The molecule has 0 spiro atoms. The van der Waals surface area contributed by atoms with Crippen molar-refractivity contribution in [2.45, 2.75) is 12.5 Å². The summed E-state index contributed by atoms with van der Waals surface area (Å²) in [6.45, 7) is 1.35. The van der Waals surface area contributed by atoms with Crippen molar-refractivity contribution >= 4 is 29.0 Å². The van der Waals surface area contributed by atoms with Gasteiger partial charge >= 0.3 is 0 Å². The Morgan fingerprint density at radius 1 is 1.32 bits per heavy atom. The van der Waals surface area contributed by atoms with Gasteiger partial charge in [-0.1, -0.05) is 23.2 Å². The zero-order valence-electron chi connectivity index (χ0n) is 12.0. The molecule has 1 aromatic carbocycles. The summed E-state index contributed by atoms with van der Waals surface area (Å²) in [5.74, 6) is 1.14. The third-order valence-corrected chi connectivity index (χ3v) is 4.38. The molecular weight excluding hydrogens is 325 g/mol. The lowest BCUT2D eigenvalue weighted by atomic mass is 10.3. The Labute approximate surface area is 138 Å². The SMILES string of the molecule is Cn1ccnc(N2CC[C@@H](Oc3ccc(Cl)c(Cl)c3)C2)c1=O. The van der Waals surface area contributed by atoms with Crippen molar-refractivity contribution in [2.24, 2.45) is 7.05 Å². The molecule has 5 nitrogen and oxygen atoms in total. The smallest absolute Gasteiger partial charge is 0.293 e. The Bertz CT molecular complexity index is 748. The fraction of sp³-hybridized carbons (Fsp3) is 0.333. The van der Waals surface area contributed by atoms with E-state index >= 15 is 0 Å². The molecule has 1 atom stereocenters. The van der Waals surface area contributed by atoms with Crippen LogP contribution < -0.4 is 15.2 Å². The van der Waals surface area contributed by atoms with Gasteiger partial charge in [-0.3, -0.25) is 4.79 Å². The number of rotatable bonds is 3. The molecule has 7 heteroatoms. The molecule has 0 unspecified atom stereocenters. The van der Waals surface area contributed by atoms with Gasteiger partial charge in [0.05, 0.1) is 16.6 Å². The summed E-state index contributed by atoms with van der Waals surface area (Å²) in [6.07, 6.45) is 4.08. The summed E-state index contributed by atoms with van der Waals surface area (Å²) < 4.78 is 7.43. The van der Waals surface area contributed by atoms with Crippen LogP contribution in [0.4, 0.5) is 5.82 Å². The molecule has 1 aromatic heterocycles. The molecule has 2 heterocycles. The number of nitrogens with zero attached hydrogens (tertiary/aromatic N) is 3. The number of halogens is 2. The lowest BCUT2D eigenvalue weighted by Gasteiger charge is -2.18. The highest BCUT2D eigenvalue weighted by atomic mass is 35.5. The van der Waals surface area contributed by atoms with Crippen LogP contribution in [-0.2, 0) is 7.05 Å². The normalized spacial score (nSPS) is 17.8. The zero-order valence-corrected chi connectivity index (χ0v) is 13.5. The Morgan fingerprint density at radius 2 is 2.14 bits per heavy atom. The number of benzene rings is 1. The molecule has 3 rings (SSSR count).